The van der Waals surface area contributed by atoms with Gasteiger partial charge in [-0.25, -0.2) is 4.39 Å². The first-order valence-corrected chi connectivity index (χ1v) is 10.6. The number of hydrogen-bond acceptors (Lipinski definition) is 5. The molecule has 29 heavy (non-hydrogen) atoms. The summed E-state index contributed by atoms with van der Waals surface area (Å²) < 4.78 is 18.6. The molecular weight excluding hydrogens is 375 g/mol. The maximum Gasteiger partial charge on any atom is 0.306 e. The molecule has 160 valence electrons. The number of halogens is 1. The van der Waals surface area contributed by atoms with Crippen molar-refractivity contribution in [3.63, 3.8) is 0 Å². The van der Waals surface area contributed by atoms with Crippen molar-refractivity contribution in [3.8, 4) is 0 Å². The Morgan fingerprint density at radius 1 is 1.10 bits per heavy atom. The van der Waals surface area contributed by atoms with Gasteiger partial charge < -0.3 is 14.7 Å². The van der Waals surface area contributed by atoms with E-state index in [4.69, 9.17) is 9.84 Å². The first-order chi connectivity index (χ1) is 14.0. The summed E-state index contributed by atoms with van der Waals surface area (Å²) in [5.74, 6) is -1.03. The highest BCUT2D eigenvalue weighted by molar-refractivity contribution is 5.86. The molecule has 2 heterocycles. The van der Waals surface area contributed by atoms with Crippen LogP contribution >= 0.6 is 0 Å². The van der Waals surface area contributed by atoms with Gasteiger partial charge in [0, 0.05) is 19.5 Å². The SMILES string of the molecule is O=C(O)C1CCN(CCCC(C(=O)Cc2ccc(F)cc2)N2CCOCC2)CC1. The van der Waals surface area contributed by atoms with Crippen LogP contribution in [0.2, 0.25) is 0 Å². The molecule has 3 rings (SSSR count). The molecule has 0 spiro atoms. The van der Waals surface area contributed by atoms with E-state index < -0.39 is 5.97 Å². The Bertz CT molecular complexity index is 668. The molecule has 0 saturated carbocycles. The molecule has 1 unspecified atom stereocenters. The fourth-order valence-electron chi connectivity index (χ4n) is 4.27. The van der Waals surface area contributed by atoms with Gasteiger partial charge in [-0.1, -0.05) is 12.1 Å². The third-order valence-corrected chi connectivity index (χ3v) is 6.04. The number of piperidine rings is 1. The molecule has 1 N–H and O–H groups in total. The maximum absolute atomic E-state index is 13.1. The van der Waals surface area contributed by atoms with E-state index in [0.29, 0.717) is 32.5 Å². The van der Waals surface area contributed by atoms with Crippen LogP contribution in [-0.2, 0) is 20.7 Å². The van der Waals surface area contributed by atoms with Gasteiger partial charge >= 0.3 is 5.97 Å². The zero-order chi connectivity index (χ0) is 20.6. The van der Waals surface area contributed by atoms with Crippen LogP contribution in [-0.4, -0.2) is 78.6 Å². The summed E-state index contributed by atoms with van der Waals surface area (Å²) in [5, 5.41) is 9.12. The van der Waals surface area contributed by atoms with Gasteiger partial charge in [-0.15, -0.1) is 0 Å². The molecule has 2 fully saturated rings. The predicted octanol–water partition coefficient (Wildman–Crippen LogP) is 2.21. The summed E-state index contributed by atoms with van der Waals surface area (Å²) in [6.45, 7) is 5.29. The number of ether oxygens (including phenoxy) is 1. The number of carbonyl (C=O) groups is 2. The number of morpholine rings is 1. The topological polar surface area (TPSA) is 70.1 Å². The number of benzene rings is 1. The second-order valence-electron chi connectivity index (χ2n) is 8.03. The number of carboxylic acid groups (broad SMARTS) is 1. The first kappa shape index (κ1) is 21.9. The lowest BCUT2D eigenvalue weighted by atomic mass is 9.96. The zero-order valence-electron chi connectivity index (χ0n) is 16.9. The summed E-state index contributed by atoms with van der Waals surface area (Å²) in [5.41, 5.74) is 0.838. The number of rotatable bonds is 9. The lowest BCUT2D eigenvalue weighted by Crippen LogP contribution is -2.48. The van der Waals surface area contributed by atoms with Crippen LogP contribution in [0.25, 0.3) is 0 Å². The van der Waals surface area contributed by atoms with Gasteiger partial charge in [-0.3, -0.25) is 14.5 Å². The molecule has 7 heteroatoms. The van der Waals surface area contributed by atoms with E-state index in [0.717, 1.165) is 51.1 Å². The molecule has 2 aliphatic rings. The Morgan fingerprint density at radius 2 is 1.76 bits per heavy atom. The molecule has 6 nitrogen and oxygen atoms in total. The lowest BCUT2D eigenvalue weighted by molar-refractivity contribution is -0.143. The van der Waals surface area contributed by atoms with Crippen LogP contribution in [0.4, 0.5) is 4.39 Å². The largest absolute Gasteiger partial charge is 0.481 e. The molecule has 2 saturated heterocycles. The molecule has 0 amide bonds. The number of carboxylic acids is 1. The molecule has 1 aromatic rings. The Hall–Kier alpha value is -1.83. The van der Waals surface area contributed by atoms with Crippen molar-refractivity contribution in [3.05, 3.63) is 35.6 Å². The second-order valence-corrected chi connectivity index (χ2v) is 8.03. The van der Waals surface area contributed by atoms with E-state index in [1.807, 2.05) is 0 Å². The van der Waals surface area contributed by atoms with Crippen molar-refractivity contribution in [1.29, 1.82) is 0 Å². The first-order valence-electron chi connectivity index (χ1n) is 10.6. The van der Waals surface area contributed by atoms with E-state index in [9.17, 15) is 14.0 Å². The monoisotopic (exact) mass is 406 g/mol. The Morgan fingerprint density at radius 3 is 2.38 bits per heavy atom. The maximum atomic E-state index is 13.1. The molecule has 0 radical (unpaired) electrons. The molecule has 0 aliphatic carbocycles. The van der Waals surface area contributed by atoms with Crippen molar-refractivity contribution in [2.75, 3.05) is 45.9 Å². The van der Waals surface area contributed by atoms with Crippen molar-refractivity contribution in [2.24, 2.45) is 5.92 Å². The highest BCUT2D eigenvalue weighted by Crippen LogP contribution is 2.19. The molecular formula is C22H31FN2O4. The molecule has 0 bridgehead atoms. The fraction of sp³-hybridized carbons (Fsp3) is 0.636. The smallest absolute Gasteiger partial charge is 0.306 e. The van der Waals surface area contributed by atoms with E-state index in [-0.39, 0.29) is 23.6 Å². The molecule has 0 aromatic heterocycles. The molecule has 2 aliphatic heterocycles. The van der Waals surface area contributed by atoms with Gasteiger partial charge in [-0.05, 0) is 63.0 Å². The Labute approximate surface area is 171 Å². The van der Waals surface area contributed by atoms with E-state index in [1.165, 1.54) is 12.1 Å². The van der Waals surface area contributed by atoms with Crippen LogP contribution in [0.1, 0.15) is 31.2 Å². The number of aliphatic carboxylic acids is 1. The van der Waals surface area contributed by atoms with Crippen LogP contribution in [0, 0.1) is 11.7 Å². The van der Waals surface area contributed by atoms with Gasteiger partial charge in [0.2, 0.25) is 0 Å². The standard InChI is InChI=1S/C22H31FN2O4/c23-19-5-3-17(4-6-19)16-21(26)20(25-12-14-29-15-13-25)2-1-9-24-10-7-18(8-11-24)22(27)28/h3-6,18,20H,1-2,7-16H2,(H,27,28). The minimum absolute atomic E-state index is 0.152. The van der Waals surface area contributed by atoms with Gasteiger partial charge in [0.25, 0.3) is 0 Å². The van der Waals surface area contributed by atoms with Gasteiger partial charge in [0.15, 0.2) is 5.78 Å². The Kier molecular flexibility index (Phi) is 8.15. The minimum Gasteiger partial charge on any atom is -0.481 e. The fourth-order valence-corrected chi connectivity index (χ4v) is 4.27. The predicted molar refractivity (Wildman–Crippen MR) is 107 cm³/mol. The lowest BCUT2D eigenvalue weighted by Gasteiger charge is -2.35. The van der Waals surface area contributed by atoms with Crippen LogP contribution in [0.3, 0.4) is 0 Å². The van der Waals surface area contributed by atoms with E-state index in [2.05, 4.69) is 9.80 Å². The van der Waals surface area contributed by atoms with Crippen LogP contribution in [0.5, 0.6) is 0 Å². The van der Waals surface area contributed by atoms with Crippen molar-refractivity contribution in [2.45, 2.75) is 38.1 Å². The normalized spacial score (nSPS) is 20.4. The molecule has 1 aromatic carbocycles. The highest BCUT2D eigenvalue weighted by atomic mass is 19.1. The van der Waals surface area contributed by atoms with Crippen molar-refractivity contribution in [1.82, 2.24) is 9.80 Å². The number of carbonyl (C=O) groups excluding carboxylic acids is 1. The quantitative estimate of drug-likeness (QED) is 0.678. The van der Waals surface area contributed by atoms with E-state index >= 15 is 0 Å². The summed E-state index contributed by atoms with van der Waals surface area (Å²) in [6.07, 6.45) is 3.39. The summed E-state index contributed by atoms with van der Waals surface area (Å²) in [7, 11) is 0. The number of likely N-dealkylation sites (tertiary alicyclic amines) is 1. The minimum atomic E-state index is -0.691. The Balaban J connectivity index is 1.52. The average Bonchev–Trinajstić information content (AvgIpc) is 2.74. The van der Waals surface area contributed by atoms with E-state index in [1.54, 1.807) is 12.1 Å². The summed E-state index contributed by atoms with van der Waals surface area (Å²) in [6, 6.07) is 5.99. The number of nitrogens with zero attached hydrogens (tertiary/aromatic N) is 2. The molecule has 1 atom stereocenters. The third-order valence-electron chi connectivity index (χ3n) is 6.04. The second kappa shape index (κ2) is 10.8. The third kappa shape index (κ3) is 6.59. The zero-order valence-corrected chi connectivity index (χ0v) is 16.9. The van der Waals surface area contributed by atoms with Gasteiger partial charge in [0.1, 0.15) is 5.82 Å². The van der Waals surface area contributed by atoms with Gasteiger partial charge in [-0.2, -0.15) is 0 Å². The van der Waals surface area contributed by atoms with Crippen LogP contribution < -0.4 is 0 Å². The number of hydrogen-bond donors (Lipinski definition) is 1. The summed E-state index contributed by atoms with van der Waals surface area (Å²) >= 11 is 0. The highest BCUT2D eigenvalue weighted by Gasteiger charge is 2.28. The summed E-state index contributed by atoms with van der Waals surface area (Å²) in [4.78, 5) is 28.7. The van der Waals surface area contributed by atoms with Gasteiger partial charge in [0.05, 0.1) is 25.2 Å². The van der Waals surface area contributed by atoms with Crippen molar-refractivity contribution >= 4 is 11.8 Å². The van der Waals surface area contributed by atoms with Crippen LogP contribution in [0.15, 0.2) is 24.3 Å². The average molecular weight is 406 g/mol. The number of Topliss-reactive ketones (excluding diaryl/α,β-unsaturated/α-hetero) is 1. The number of ketones is 1. The van der Waals surface area contributed by atoms with Crippen molar-refractivity contribution < 1.29 is 23.8 Å².